The highest BCUT2D eigenvalue weighted by atomic mass is 16.6. The first-order valence-corrected chi connectivity index (χ1v) is 9.62. The van der Waals surface area contributed by atoms with Gasteiger partial charge in [0.25, 0.3) is 0 Å². The standard InChI is InChI=1S/C21H26N2O3/c1-12-4-5-14(6-13(12)2)17-16-9-23(10-20(16,17)3)18(24)15-7-21(8-15)11-26-19(25)22-21/h4-6,15-17H,7-11H2,1-3H3,(H,22,25)/t15?,16-,17-,20-,21?/m1/s1. The second-order valence-electron chi connectivity index (χ2n) is 9.24. The van der Waals surface area contributed by atoms with Gasteiger partial charge in [0, 0.05) is 19.0 Å². The van der Waals surface area contributed by atoms with Gasteiger partial charge in [-0.3, -0.25) is 4.79 Å². The van der Waals surface area contributed by atoms with Gasteiger partial charge in [-0.1, -0.05) is 25.1 Å². The minimum atomic E-state index is -0.345. The van der Waals surface area contributed by atoms with Crippen molar-refractivity contribution in [2.45, 2.75) is 45.1 Å². The number of nitrogens with one attached hydrogen (secondary N) is 1. The lowest BCUT2D eigenvalue weighted by molar-refractivity contribution is -0.140. The number of fused-ring (bicyclic) bond motifs is 1. The Hall–Kier alpha value is -2.04. The van der Waals surface area contributed by atoms with Crippen LogP contribution in [0.15, 0.2) is 18.2 Å². The molecule has 2 aliphatic heterocycles. The van der Waals surface area contributed by atoms with E-state index >= 15 is 0 Å². The molecular weight excluding hydrogens is 328 g/mol. The van der Waals surface area contributed by atoms with Crippen molar-refractivity contribution in [3.8, 4) is 0 Å². The number of likely N-dealkylation sites (tertiary alicyclic amines) is 1. The van der Waals surface area contributed by atoms with Gasteiger partial charge in [-0.2, -0.15) is 0 Å². The zero-order valence-corrected chi connectivity index (χ0v) is 15.7. The molecule has 2 saturated carbocycles. The molecule has 4 fully saturated rings. The number of piperidine rings is 1. The number of carbonyl (C=O) groups is 2. The Morgan fingerprint density at radius 2 is 2.04 bits per heavy atom. The molecule has 0 unspecified atom stereocenters. The molecule has 5 nitrogen and oxygen atoms in total. The zero-order chi connectivity index (χ0) is 18.3. The van der Waals surface area contributed by atoms with Crippen LogP contribution < -0.4 is 5.32 Å². The smallest absolute Gasteiger partial charge is 0.407 e. The highest BCUT2D eigenvalue weighted by Gasteiger charge is 2.67. The molecule has 2 heterocycles. The fourth-order valence-electron chi connectivity index (χ4n) is 5.67. The molecule has 2 amide bonds. The first-order chi connectivity index (χ1) is 12.3. The summed E-state index contributed by atoms with van der Waals surface area (Å²) in [4.78, 5) is 26.2. The van der Waals surface area contributed by atoms with E-state index in [-0.39, 0.29) is 28.9 Å². The van der Waals surface area contributed by atoms with Gasteiger partial charge in [0.15, 0.2) is 0 Å². The summed E-state index contributed by atoms with van der Waals surface area (Å²) < 4.78 is 5.01. The average Bonchev–Trinajstić information content (AvgIpc) is 2.87. The summed E-state index contributed by atoms with van der Waals surface area (Å²) in [5.74, 6) is 1.47. The Morgan fingerprint density at radius 1 is 1.27 bits per heavy atom. The van der Waals surface area contributed by atoms with Gasteiger partial charge in [0.1, 0.15) is 6.61 Å². The van der Waals surface area contributed by atoms with E-state index in [2.05, 4.69) is 49.2 Å². The van der Waals surface area contributed by atoms with Crippen LogP contribution in [0.2, 0.25) is 0 Å². The summed E-state index contributed by atoms with van der Waals surface area (Å²) in [7, 11) is 0. The molecule has 1 aromatic rings. The molecule has 4 aliphatic rings. The maximum absolute atomic E-state index is 12.9. The van der Waals surface area contributed by atoms with Crippen molar-refractivity contribution in [3.63, 3.8) is 0 Å². The second-order valence-corrected chi connectivity index (χ2v) is 9.24. The van der Waals surface area contributed by atoms with Crippen LogP contribution in [0, 0.1) is 31.1 Å². The van der Waals surface area contributed by atoms with Crippen LogP contribution in [0.5, 0.6) is 0 Å². The molecule has 138 valence electrons. The number of aryl methyl sites for hydroxylation is 2. The van der Waals surface area contributed by atoms with Crippen LogP contribution in [0.4, 0.5) is 4.79 Å². The van der Waals surface area contributed by atoms with E-state index in [1.54, 1.807) is 0 Å². The minimum absolute atomic E-state index is 0.0400. The molecule has 5 heteroatoms. The zero-order valence-electron chi connectivity index (χ0n) is 15.7. The van der Waals surface area contributed by atoms with E-state index in [1.807, 2.05) is 0 Å². The average molecular weight is 354 g/mol. The Kier molecular flexibility index (Phi) is 3.12. The number of carbonyl (C=O) groups excluding carboxylic acids is 2. The number of hydrogen-bond donors (Lipinski definition) is 1. The number of hydrogen-bond acceptors (Lipinski definition) is 3. The number of ether oxygens (including phenoxy) is 1. The van der Waals surface area contributed by atoms with Crippen molar-refractivity contribution in [1.82, 2.24) is 10.2 Å². The van der Waals surface area contributed by atoms with Gasteiger partial charge < -0.3 is 15.0 Å². The lowest BCUT2D eigenvalue weighted by Gasteiger charge is -2.43. The van der Waals surface area contributed by atoms with Gasteiger partial charge in [-0.05, 0) is 60.6 Å². The number of benzene rings is 1. The maximum Gasteiger partial charge on any atom is 0.407 e. The quantitative estimate of drug-likeness (QED) is 0.888. The normalized spacial score (nSPS) is 40.0. The molecular formula is C21H26N2O3. The highest BCUT2D eigenvalue weighted by molar-refractivity contribution is 5.82. The monoisotopic (exact) mass is 354 g/mol. The number of nitrogens with zero attached hydrogens (tertiary/aromatic N) is 1. The molecule has 0 radical (unpaired) electrons. The molecule has 1 spiro atoms. The Balaban J connectivity index is 1.22. The highest BCUT2D eigenvalue weighted by Crippen LogP contribution is 2.68. The molecule has 2 aliphatic carbocycles. The predicted octanol–water partition coefficient (Wildman–Crippen LogP) is 2.75. The molecule has 0 bridgehead atoms. The van der Waals surface area contributed by atoms with Crippen LogP contribution in [0.1, 0.15) is 42.4 Å². The summed E-state index contributed by atoms with van der Waals surface area (Å²) in [5, 5.41) is 2.87. The van der Waals surface area contributed by atoms with Gasteiger partial charge >= 0.3 is 6.09 Å². The number of amides is 2. The first-order valence-electron chi connectivity index (χ1n) is 9.62. The maximum atomic E-state index is 12.9. The third-order valence-corrected chi connectivity index (χ3v) is 7.47. The second kappa shape index (κ2) is 5.02. The van der Waals surface area contributed by atoms with E-state index in [1.165, 1.54) is 16.7 Å². The molecule has 2 saturated heterocycles. The Morgan fingerprint density at radius 3 is 2.62 bits per heavy atom. The number of alkyl carbamates (subject to hydrolysis) is 1. The summed E-state index contributed by atoms with van der Waals surface area (Å²) >= 11 is 0. The molecule has 5 rings (SSSR count). The lowest BCUT2D eigenvalue weighted by atomic mass is 9.68. The van der Waals surface area contributed by atoms with Crippen LogP contribution in [-0.4, -0.2) is 42.1 Å². The van der Waals surface area contributed by atoms with Crippen molar-refractivity contribution in [2.75, 3.05) is 19.7 Å². The van der Waals surface area contributed by atoms with Crippen LogP contribution in [-0.2, 0) is 9.53 Å². The fraction of sp³-hybridized carbons (Fsp3) is 0.619. The largest absolute Gasteiger partial charge is 0.447 e. The number of cyclic esters (lactones) is 1. The van der Waals surface area contributed by atoms with Crippen LogP contribution >= 0.6 is 0 Å². The Bertz CT molecular complexity index is 813. The SMILES string of the molecule is Cc1ccc([C@@H]2[C@H]3CN(C(=O)C4CC5(COC(=O)N5)C4)C[C@]32C)cc1C. The summed E-state index contributed by atoms with van der Waals surface area (Å²) in [5.41, 5.74) is 4.07. The predicted molar refractivity (Wildman–Crippen MR) is 96.8 cm³/mol. The van der Waals surface area contributed by atoms with Crippen molar-refractivity contribution >= 4 is 12.0 Å². The molecule has 26 heavy (non-hydrogen) atoms. The van der Waals surface area contributed by atoms with E-state index in [0.717, 1.165) is 25.9 Å². The summed E-state index contributed by atoms with van der Waals surface area (Å²) in [6.45, 7) is 8.80. The topological polar surface area (TPSA) is 58.6 Å². The fourth-order valence-corrected chi connectivity index (χ4v) is 5.67. The van der Waals surface area contributed by atoms with E-state index in [4.69, 9.17) is 4.74 Å². The minimum Gasteiger partial charge on any atom is -0.447 e. The van der Waals surface area contributed by atoms with E-state index in [0.29, 0.717) is 18.4 Å². The van der Waals surface area contributed by atoms with E-state index in [9.17, 15) is 9.59 Å². The van der Waals surface area contributed by atoms with Gasteiger partial charge in [0.2, 0.25) is 5.91 Å². The third kappa shape index (κ3) is 2.15. The van der Waals surface area contributed by atoms with Crippen LogP contribution in [0.25, 0.3) is 0 Å². The Labute approximate surface area is 154 Å². The third-order valence-electron chi connectivity index (χ3n) is 7.47. The van der Waals surface area contributed by atoms with E-state index < -0.39 is 0 Å². The molecule has 1 N–H and O–H groups in total. The molecule has 1 aromatic carbocycles. The van der Waals surface area contributed by atoms with Crippen molar-refractivity contribution in [3.05, 3.63) is 34.9 Å². The summed E-state index contributed by atoms with van der Waals surface area (Å²) in [6, 6.07) is 6.81. The lowest BCUT2D eigenvalue weighted by Crippen LogP contribution is -2.58. The van der Waals surface area contributed by atoms with Crippen molar-refractivity contribution in [1.29, 1.82) is 0 Å². The molecule has 3 atom stereocenters. The van der Waals surface area contributed by atoms with Crippen molar-refractivity contribution in [2.24, 2.45) is 17.3 Å². The number of rotatable bonds is 2. The van der Waals surface area contributed by atoms with Gasteiger partial charge in [0.05, 0.1) is 5.54 Å². The van der Waals surface area contributed by atoms with Crippen molar-refractivity contribution < 1.29 is 14.3 Å². The van der Waals surface area contributed by atoms with Gasteiger partial charge in [-0.25, -0.2) is 4.79 Å². The van der Waals surface area contributed by atoms with Crippen LogP contribution in [0.3, 0.4) is 0 Å². The first kappa shape index (κ1) is 16.2. The summed E-state index contributed by atoms with van der Waals surface area (Å²) in [6.07, 6.45) is 1.09. The van der Waals surface area contributed by atoms with Gasteiger partial charge in [-0.15, -0.1) is 0 Å². The molecule has 0 aromatic heterocycles.